The first kappa shape index (κ1) is 10.4. The van der Waals surface area contributed by atoms with Crippen LogP contribution in [0, 0.1) is 24.7 Å². The van der Waals surface area contributed by atoms with E-state index < -0.39 is 0 Å². The number of fused-ring (bicyclic) bond motifs is 2. The molecular formula is C14H21NO. The highest BCUT2D eigenvalue weighted by Crippen LogP contribution is 2.50. The summed E-state index contributed by atoms with van der Waals surface area (Å²) in [6.45, 7) is 1.98. The summed E-state index contributed by atoms with van der Waals surface area (Å²) in [4.78, 5) is 0. The fraction of sp³-hybridized carbons (Fsp3) is 0.714. The summed E-state index contributed by atoms with van der Waals surface area (Å²) in [7, 11) is 0. The van der Waals surface area contributed by atoms with Crippen molar-refractivity contribution in [2.45, 2.75) is 45.1 Å². The molecule has 1 heterocycles. The van der Waals surface area contributed by atoms with E-state index in [2.05, 4.69) is 6.07 Å². The molecule has 0 radical (unpaired) electrons. The van der Waals surface area contributed by atoms with Crippen LogP contribution in [0.2, 0.25) is 0 Å². The van der Waals surface area contributed by atoms with E-state index in [1.165, 1.54) is 31.2 Å². The van der Waals surface area contributed by atoms with Crippen LogP contribution in [0.5, 0.6) is 0 Å². The number of hydrogen-bond acceptors (Lipinski definition) is 2. The first-order valence-corrected chi connectivity index (χ1v) is 6.53. The van der Waals surface area contributed by atoms with Crippen LogP contribution in [0.3, 0.4) is 0 Å². The molecule has 4 atom stereocenters. The van der Waals surface area contributed by atoms with Crippen LogP contribution in [0.15, 0.2) is 16.7 Å². The van der Waals surface area contributed by atoms with Crippen molar-refractivity contribution in [1.29, 1.82) is 0 Å². The van der Waals surface area contributed by atoms with Crippen LogP contribution in [0.25, 0.3) is 0 Å². The molecule has 0 spiro atoms. The second kappa shape index (κ2) is 3.92. The second-order valence-corrected chi connectivity index (χ2v) is 5.77. The zero-order valence-corrected chi connectivity index (χ0v) is 9.99. The SMILES string of the molecule is Cc1cc(C(N)CC2CC3CCC2C3)co1. The molecule has 0 aromatic carbocycles. The summed E-state index contributed by atoms with van der Waals surface area (Å²) < 4.78 is 5.33. The summed E-state index contributed by atoms with van der Waals surface area (Å²) in [6.07, 6.45) is 8.80. The minimum atomic E-state index is 0.182. The third-order valence-corrected chi connectivity index (χ3v) is 4.62. The van der Waals surface area contributed by atoms with Crippen molar-refractivity contribution in [2.24, 2.45) is 23.5 Å². The average molecular weight is 219 g/mol. The topological polar surface area (TPSA) is 39.2 Å². The van der Waals surface area contributed by atoms with Crippen LogP contribution < -0.4 is 5.73 Å². The molecule has 2 fully saturated rings. The monoisotopic (exact) mass is 219 g/mol. The summed E-state index contributed by atoms with van der Waals surface area (Å²) in [6, 6.07) is 2.26. The molecular weight excluding hydrogens is 198 g/mol. The zero-order chi connectivity index (χ0) is 11.1. The van der Waals surface area contributed by atoms with Gasteiger partial charge in [-0.2, -0.15) is 0 Å². The molecule has 0 saturated heterocycles. The number of hydrogen-bond donors (Lipinski definition) is 1. The van der Waals surface area contributed by atoms with Gasteiger partial charge in [-0.25, -0.2) is 0 Å². The Labute approximate surface area is 97.2 Å². The van der Waals surface area contributed by atoms with Crippen molar-refractivity contribution >= 4 is 0 Å². The van der Waals surface area contributed by atoms with Gasteiger partial charge in [0.05, 0.1) is 6.26 Å². The minimum Gasteiger partial charge on any atom is -0.469 e. The van der Waals surface area contributed by atoms with Crippen LogP contribution in [0.4, 0.5) is 0 Å². The standard InChI is InChI=1S/C14H21NO/c1-9-4-13(8-16-9)14(15)7-12-6-10-2-3-11(12)5-10/h4,8,10-12,14H,2-3,5-7,15H2,1H3. The Morgan fingerprint density at radius 3 is 2.88 bits per heavy atom. The first-order chi connectivity index (χ1) is 7.72. The third kappa shape index (κ3) is 1.80. The Morgan fingerprint density at radius 1 is 1.44 bits per heavy atom. The van der Waals surface area contributed by atoms with E-state index in [0.29, 0.717) is 0 Å². The van der Waals surface area contributed by atoms with E-state index >= 15 is 0 Å². The molecule has 2 bridgehead atoms. The molecule has 88 valence electrons. The summed E-state index contributed by atoms with van der Waals surface area (Å²) in [5, 5.41) is 0. The van der Waals surface area contributed by atoms with Gasteiger partial charge in [0.25, 0.3) is 0 Å². The molecule has 2 aliphatic carbocycles. The van der Waals surface area contributed by atoms with Gasteiger partial charge in [0.15, 0.2) is 0 Å². The molecule has 3 rings (SSSR count). The lowest BCUT2D eigenvalue weighted by Crippen LogP contribution is -2.19. The average Bonchev–Trinajstić information content (AvgIpc) is 2.92. The normalized spacial score (nSPS) is 34.5. The Balaban J connectivity index is 1.62. The van der Waals surface area contributed by atoms with Crippen molar-refractivity contribution < 1.29 is 4.42 Å². The molecule has 0 aliphatic heterocycles. The van der Waals surface area contributed by atoms with Gasteiger partial charge in [-0.3, -0.25) is 0 Å². The molecule has 1 aromatic heterocycles. The van der Waals surface area contributed by atoms with Crippen molar-refractivity contribution in [3.8, 4) is 0 Å². The van der Waals surface area contributed by atoms with Crippen molar-refractivity contribution in [3.05, 3.63) is 23.7 Å². The second-order valence-electron chi connectivity index (χ2n) is 5.77. The van der Waals surface area contributed by atoms with Crippen LogP contribution in [0.1, 0.15) is 49.5 Å². The molecule has 2 aliphatic rings. The van der Waals surface area contributed by atoms with Crippen molar-refractivity contribution in [2.75, 3.05) is 0 Å². The smallest absolute Gasteiger partial charge is 0.101 e. The maximum Gasteiger partial charge on any atom is 0.101 e. The van der Waals surface area contributed by atoms with Crippen molar-refractivity contribution in [3.63, 3.8) is 0 Å². The van der Waals surface area contributed by atoms with Gasteiger partial charge < -0.3 is 10.2 Å². The highest BCUT2D eigenvalue weighted by molar-refractivity contribution is 5.16. The Kier molecular flexibility index (Phi) is 2.55. The van der Waals surface area contributed by atoms with Crippen molar-refractivity contribution in [1.82, 2.24) is 0 Å². The maximum atomic E-state index is 6.26. The molecule has 0 amide bonds. The van der Waals surface area contributed by atoms with Gasteiger partial charge in [0.1, 0.15) is 5.76 Å². The number of rotatable bonds is 3. The van der Waals surface area contributed by atoms with Gasteiger partial charge in [-0.15, -0.1) is 0 Å². The Bertz CT molecular complexity index is 371. The predicted octanol–water partition coefficient (Wildman–Crippen LogP) is 3.41. The Morgan fingerprint density at radius 2 is 2.31 bits per heavy atom. The summed E-state index contributed by atoms with van der Waals surface area (Å²) in [5.74, 6) is 3.85. The highest BCUT2D eigenvalue weighted by Gasteiger charge is 2.39. The van der Waals surface area contributed by atoms with E-state index in [1.807, 2.05) is 13.2 Å². The molecule has 2 heteroatoms. The van der Waals surface area contributed by atoms with Gasteiger partial charge >= 0.3 is 0 Å². The lowest BCUT2D eigenvalue weighted by atomic mass is 9.83. The number of nitrogens with two attached hydrogens (primary N) is 1. The number of furan rings is 1. The number of aryl methyl sites for hydroxylation is 1. The van der Waals surface area contributed by atoms with E-state index in [-0.39, 0.29) is 6.04 Å². The van der Waals surface area contributed by atoms with E-state index in [1.54, 1.807) is 0 Å². The summed E-state index contributed by atoms with van der Waals surface area (Å²) in [5.41, 5.74) is 7.44. The van der Waals surface area contributed by atoms with Crippen LogP contribution >= 0.6 is 0 Å². The van der Waals surface area contributed by atoms with Crippen LogP contribution in [-0.4, -0.2) is 0 Å². The predicted molar refractivity (Wildman–Crippen MR) is 63.9 cm³/mol. The molecule has 2 nitrogen and oxygen atoms in total. The highest BCUT2D eigenvalue weighted by atomic mass is 16.3. The van der Waals surface area contributed by atoms with Gasteiger partial charge in [-0.1, -0.05) is 6.42 Å². The molecule has 4 unspecified atom stereocenters. The van der Waals surface area contributed by atoms with Gasteiger partial charge in [0.2, 0.25) is 0 Å². The van der Waals surface area contributed by atoms with E-state index in [4.69, 9.17) is 10.2 Å². The van der Waals surface area contributed by atoms with E-state index in [9.17, 15) is 0 Å². The lowest BCUT2D eigenvalue weighted by molar-refractivity contribution is 0.295. The quantitative estimate of drug-likeness (QED) is 0.846. The largest absolute Gasteiger partial charge is 0.469 e. The molecule has 2 N–H and O–H groups in total. The molecule has 16 heavy (non-hydrogen) atoms. The lowest BCUT2D eigenvalue weighted by Gasteiger charge is -2.24. The first-order valence-electron chi connectivity index (χ1n) is 6.53. The third-order valence-electron chi connectivity index (χ3n) is 4.62. The fourth-order valence-electron chi connectivity index (χ4n) is 3.79. The maximum absolute atomic E-state index is 6.26. The molecule has 2 saturated carbocycles. The summed E-state index contributed by atoms with van der Waals surface area (Å²) >= 11 is 0. The minimum absolute atomic E-state index is 0.182. The molecule has 1 aromatic rings. The van der Waals surface area contributed by atoms with Crippen LogP contribution in [-0.2, 0) is 0 Å². The zero-order valence-electron chi connectivity index (χ0n) is 9.99. The van der Waals surface area contributed by atoms with Gasteiger partial charge in [-0.05, 0) is 56.4 Å². The Hall–Kier alpha value is -0.760. The van der Waals surface area contributed by atoms with Gasteiger partial charge in [0, 0.05) is 11.6 Å². The fourth-order valence-corrected chi connectivity index (χ4v) is 3.79. The van der Waals surface area contributed by atoms with E-state index in [0.717, 1.165) is 29.9 Å².